The molecule has 0 aliphatic carbocycles. The van der Waals surface area contributed by atoms with Gasteiger partial charge in [0.05, 0.1) is 24.3 Å². The lowest BCUT2D eigenvalue weighted by molar-refractivity contribution is -0.384. The Balaban J connectivity index is 2.80. The van der Waals surface area contributed by atoms with Crippen LogP contribution in [-0.4, -0.2) is 24.3 Å². The van der Waals surface area contributed by atoms with Gasteiger partial charge in [-0.1, -0.05) is 12.1 Å². The van der Waals surface area contributed by atoms with Crippen molar-refractivity contribution < 1.29 is 18.5 Å². The number of non-ortho nitro benzene ring substituents is 1. The number of nitro groups is 1. The molecule has 0 saturated carbocycles. The van der Waals surface area contributed by atoms with Crippen LogP contribution in [0.2, 0.25) is 0 Å². The summed E-state index contributed by atoms with van der Waals surface area (Å²) in [5.74, 6) is 0. The summed E-state index contributed by atoms with van der Waals surface area (Å²) in [5.41, 5.74) is 6.60. The van der Waals surface area contributed by atoms with Crippen molar-refractivity contribution in [3.63, 3.8) is 0 Å². The first-order chi connectivity index (χ1) is 9.41. The lowest BCUT2D eigenvalue weighted by atomic mass is 10.1. The monoisotopic (exact) mass is 302 g/mol. The zero-order valence-corrected chi connectivity index (χ0v) is 12.4. The lowest BCUT2D eigenvalue weighted by Gasteiger charge is -2.20. The van der Waals surface area contributed by atoms with E-state index in [9.17, 15) is 14.7 Å². The predicted molar refractivity (Wildman–Crippen MR) is 75.8 cm³/mol. The van der Waals surface area contributed by atoms with Crippen LogP contribution in [0, 0.1) is 10.1 Å². The average molecular weight is 302 g/mol. The number of rotatable bonds is 8. The molecule has 112 valence electrons. The standard InChI is InChI=1S/C12H19N2O5P/c1-3-18-20(17,19-4-2)9-12(13)10-5-7-11(8-6-10)14(15)16/h5-8,12H,3-4,9,13H2,1-2H3. The summed E-state index contributed by atoms with van der Waals surface area (Å²) < 4.78 is 22.7. The maximum absolute atomic E-state index is 12.3. The molecular weight excluding hydrogens is 283 g/mol. The summed E-state index contributed by atoms with van der Waals surface area (Å²) >= 11 is 0. The average Bonchev–Trinajstić information content (AvgIpc) is 2.39. The molecule has 0 bridgehead atoms. The Kier molecular flexibility index (Phi) is 6.29. The van der Waals surface area contributed by atoms with Crippen molar-refractivity contribution in [3.8, 4) is 0 Å². The second kappa shape index (κ2) is 7.50. The number of nitrogens with zero attached hydrogens (tertiary/aromatic N) is 1. The van der Waals surface area contributed by atoms with Crippen LogP contribution in [0.4, 0.5) is 5.69 Å². The molecule has 0 aliphatic rings. The number of hydrogen-bond donors (Lipinski definition) is 1. The molecule has 0 heterocycles. The van der Waals surface area contributed by atoms with Gasteiger partial charge in [-0.3, -0.25) is 14.7 Å². The third-order valence-electron chi connectivity index (χ3n) is 2.60. The minimum absolute atomic E-state index is 0.0150. The summed E-state index contributed by atoms with van der Waals surface area (Å²) in [6.45, 7) is 3.99. The van der Waals surface area contributed by atoms with Crippen molar-refractivity contribution in [1.82, 2.24) is 0 Å². The molecule has 8 heteroatoms. The first-order valence-corrected chi connectivity index (χ1v) is 8.02. The highest BCUT2D eigenvalue weighted by molar-refractivity contribution is 7.53. The number of hydrogen-bond acceptors (Lipinski definition) is 6. The van der Waals surface area contributed by atoms with E-state index < -0.39 is 18.6 Å². The van der Waals surface area contributed by atoms with Gasteiger partial charge >= 0.3 is 7.60 Å². The van der Waals surface area contributed by atoms with Crippen LogP contribution in [0.15, 0.2) is 24.3 Å². The van der Waals surface area contributed by atoms with E-state index in [1.54, 1.807) is 26.0 Å². The van der Waals surface area contributed by atoms with Crippen molar-refractivity contribution in [1.29, 1.82) is 0 Å². The largest absolute Gasteiger partial charge is 0.332 e. The predicted octanol–water partition coefficient (Wildman–Crippen LogP) is 2.86. The molecule has 1 atom stereocenters. The van der Waals surface area contributed by atoms with Gasteiger partial charge in [-0.05, 0) is 19.4 Å². The Morgan fingerprint density at radius 2 is 1.75 bits per heavy atom. The van der Waals surface area contributed by atoms with E-state index in [4.69, 9.17) is 14.8 Å². The van der Waals surface area contributed by atoms with Crippen molar-refractivity contribution in [3.05, 3.63) is 39.9 Å². The topological polar surface area (TPSA) is 105 Å². The Bertz CT molecular complexity index is 481. The van der Waals surface area contributed by atoms with E-state index in [0.29, 0.717) is 5.56 Å². The van der Waals surface area contributed by atoms with E-state index in [0.717, 1.165) is 0 Å². The van der Waals surface area contributed by atoms with E-state index in [2.05, 4.69) is 0 Å². The number of benzene rings is 1. The quantitative estimate of drug-likeness (QED) is 0.449. The fourth-order valence-corrected chi connectivity index (χ4v) is 3.49. The molecule has 0 radical (unpaired) electrons. The highest BCUT2D eigenvalue weighted by Gasteiger charge is 2.27. The minimum Gasteiger partial charge on any atom is -0.323 e. The summed E-state index contributed by atoms with van der Waals surface area (Å²) in [7, 11) is -3.23. The summed E-state index contributed by atoms with van der Waals surface area (Å²) in [6, 6.07) is 5.25. The maximum Gasteiger partial charge on any atom is 0.332 e. The molecule has 0 fully saturated rings. The normalized spacial score (nSPS) is 13.2. The van der Waals surface area contributed by atoms with Crippen LogP contribution < -0.4 is 5.73 Å². The van der Waals surface area contributed by atoms with Gasteiger partial charge in [0.25, 0.3) is 5.69 Å². The van der Waals surface area contributed by atoms with E-state index in [-0.39, 0.29) is 25.1 Å². The van der Waals surface area contributed by atoms with E-state index in [1.807, 2.05) is 0 Å². The highest BCUT2D eigenvalue weighted by Crippen LogP contribution is 2.50. The van der Waals surface area contributed by atoms with Gasteiger partial charge in [0.1, 0.15) is 0 Å². The van der Waals surface area contributed by atoms with Crippen molar-refractivity contribution in [2.24, 2.45) is 5.73 Å². The molecule has 20 heavy (non-hydrogen) atoms. The number of nitro benzene ring substituents is 1. The minimum atomic E-state index is -3.23. The Labute approximate surface area is 117 Å². The molecule has 0 amide bonds. The van der Waals surface area contributed by atoms with Crippen molar-refractivity contribution in [2.45, 2.75) is 19.9 Å². The zero-order valence-electron chi connectivity index (χ0n) is 11.5. The molecule has 1 rings (SSSR count). The molecule has 0 aliphatic heterocycles. The summed E-state index contributed by atoms with van der Waals surface area (Å²) in [4.78, 5) is 10.1. The van der Waals surface area contributed by atoms with Gasteiger partial charge in [-0.2, -0.15) is 0 Å². The highest BCUT2D eigenvalue weighted by atomic mass is 31.2. The maximum atomic E-state index is 12.3. The summed E-state index contributed by atoms with van der Waals surface area (Å²) in [6.07, 6.45) is 0.0342. The first-order valence-electron chi connectivity index (χ1n) is 6.30. The van der Waals surface area contributed by atoms with Gasteiger partial charge in [0, 0.05) is 18.2 Å². The number of nitrogens with two attached hydrogens (primary N) is 1. The van der Waals surface area contributed by atoms with Gasteiger partial charge in [0.2, 0.25) is 0 Å². The van der Waals surface area contributed by atoms with Gasteiger partial charge in [-0.15, -0.1) is 0 Å². The van der Waals surface area contributed by atoms with E-state index >= 15 is 0 Å². The molecule has 1 aromatic rings. The Morgan fingerprint density at radius 1 is 1.25 bits per heavy atom. The summed E-state index contributed by atoms with van der Waals surface area (Å²) in [5, 5.41) is 10.6. The first kappa shape index (κ1) is 16.8. The van der Waals surface area contributed by atoms with Gasteiger partial charge in [-0.25, -0.2) is 0 Å². The third-order valence-corrected chi connectivity index (χ3v) is 4.75. The van der Waals surface area contributed by atoms with Crippen LogP contribution in [-0.2, 0) is 13.6 Å². The van der Waals surface area contributed by atoms with E-state index in [1.165, 1.54) is 12.1 Å². The van der Waals surface area contributed by atoms with Crippen molar-refractivity contribution in [2.75, 3.05) is 19.4 Å². The Morgan fingerprint density at radius 3 is 2.15 bits per heavy atom. The van der Waals surface area contributed by atoms with Gasteiger partial charge in [0.15, 0.2) is 0 Å². The van der Waals surface area contributed by atoms with Crippen LogP contribution in [0.5, 0.6) is 0 Å². The fourth-order valence-electron chi connectivity index (χ4n) is 1.73. The zero-order chi connectivity index (χ0) is 15.2. The SMILES string of the molecule is CCOP(=O)(CC(N)c1ccc([N+](=O)[O-])cc1)OCC. The molecule has 7 nitrogen and oxygen atoms in total. The molecule has 0 spiro atoms. The molecular formula is C12H19N2O5P. The van der Waals surface area contributed by atoms with Crippen LogP contribution in [0.3, 0.4) is 0 Å². The molecule has 0 aromatic heterocycles. The van der Waals surface area contributed by atoms with Crippen molar-refractivity contribution >= 4 is 13.3 Å². The molecule has 0 saturated heterocycles. The second-order valence-electron chi connectivity index (χ2n) is 4.08. The Hall–Kier alpha value is -1.27. The van der Waals surface area contributed by atoms with Gasteiger partial charge < -0.3 is 14.8 Å². The van der Waals surface area contributed by atoms with Crippen LogP contribution in [0.25, 0.3) is 0 Å². The molecule has 1 unspecified atom stereocenters. The molecule has 1 aromatic carbocycles. The second-order valence-corrected chi connectivity index (χ2v) is 6.19. The smallest absolute Gasteiger partial charge is 0.323 e. The van der Waals surface area contributed by atoms with Crippen LogP contribution in [0.1, 0.15) is 25.5 Å². The molecule has 2 N–H and O–H groups in total. The fraction of sp³-hybridized carbons (Fsp3) is 0.500. The lowest BCUT2D eigenvalue weighted by Crippen LogP contribution is -2.17. The third kappa shape index (κ3) is 4.68. The van der Waals surface area contributed by atoms with Crippen LogP contribution >= 0.6 is 7.60 Å².